The Balaban J connectivity index is 2.89. The summed E-state index contributed by atoms with van der Waals surface area (Å²) in [5, 5.41) is 1.49. The maximum atomic E-state index is 3.80. The maximum absolute atomic E-state index is 3.80. The second kappa shape index (κ2) is 3.87. The molecule has 1 rings (SSSR count). The molecule has 0 saturated carbocycles. The van der Waals surface area contributed by atoms with Crippen LogP contribution >= 0.6 is 7.26 Å². The zero-order chi connectivity index (χ0) is 9.03. The first-order valence-corrected chi connectivity index (χ1v) is 7.03. The Morgan fingerprint density at radius 2 is 1.83 bits per heavy atom. The first-order chi connectivity index (χ1) is 5.67. The minimum Gasteiger partial charge on any atom is -0.0995 e. The standard InChI is InChI=1S/C11H16P/c1-4-10-12(2,3)11-8-6-5-7-9-11/h4-9H,1,10H2,2-3H3/q+1. The van der Waals surface area contributed by atoms with Gasteiger partial charge in [-0.3, -0.25) is 0 Å². The minimum absolute atomic E-state index is 0.913. The molecule has 0 nitrogen and oxygen atoms in total. The van der Waals surface area contributed by atoms with Crippen molar-refractivity contribution in [1.82, 2.24) is 0 Å². The molecule has 0 aromatic heterocycles. The van der Waals surface area contributed by atoms with Gasteiger partial charge in [-0.25, -0.2) is 0 Å². The summed E-state index contributed by atoms with van der Waals surface area (Å²) in [6, 6.07) is 10.7. The van der Waals surface area contributed by atoms with Gasteiger partial charge in [0.2, 0.25) is 0 Å². The van der Waals surface area contributed by atoms with Gasteiger partial charge in [-0.05, 0) is 12.1 Å². The Bertz CT molecular complexity index is 249. The SMILES string of the molecule is C=CC[P+](C)(C)c1ccccc1. The van der Waals surface area contributed by atoms with E-state index in [0.717, 1.165) is 6.16 Å². The molecule has 12 heavy (non-hydrogen) atoms. The Morgan fingerprint density at radius 3 is 2.33 bits per heavy atom. The molecule has 1 heteroatoms. The molecule has 0 saturated heterocycles. The number of hydrogen-bond donors (Lipinski definition) is 0. The van der Waals surface area contributed by atoms with E-state index in [0.29, 0.717) is 0 Å². The Labute approximate surface area is 75.7 Å². The normalized spacial score (nSPS) is 11.2. The zero-order valence-corrected chi connectivity index (χ0v) is 8.72. The molecule has 0 spiro atoms. The van der Waals surface area contributed by atoms with Crippen LogP contribution in [0.2, 0.25) is 0 Å². The van der Waals surface area contributed by atoms with E-state index in [1.807, 2.05) is 6.08 Å². The predicted molar refractivity (Wildman–Crippen MR) is 59.9 cm³/mol. The van der Waals surface area contributed by atoms with Gasteiger partial charge in [0, 0.05) is 7.26 Å². The molecule has 0 unspecified atom stereocenters. The highest BCUT2D eigenvalue weighted by molar-refractivity contribution is 7.81. The van der Waals surface area contributed by atoms with Crippen molar-refractivity contribution in [3.05, 3.63) is 43.0 Å². The van der Waals surface area contributed by atoms with E-state index >= 15 is 0 Å². The fraction of sp³-hybridized carbons (Fsp3) is 0.273. The highest BCUT2D eigenvalue weighted by Crippen LogP contribution is 2.49. The average Bonchev–Trinajstić information content (AvgIpc) is 2.06. The highest BCUT2D eigenvalue weighted by Gasteiger charge is 2.25. The van der Waals surface area contributed by atoms with Gasteiger partial charge in [0.1, 0.15) is 0 Å². The third-order valence-corrected chi connectivity index (χ3v) is 4.91. The Morgan fingerprint density at radius 1 is 1.25 bits per heavy atom. The fourth-order valence-electron chi connectivity index (χ4n) is 1.26. The van der Waals surface area contributed by atoms with E-state index in [2.05, 4.69) is 50.2 Å². The van der Waals surface area contributed by atoms with Gasteiger partial charge in [0.05, 0.1) is 24.8 Å². The van der Waals surface area contributed by atoms with Gasteiger partial charge in [0.25, 0.3) is 0 Å². The molecule has 0 N–H and O–H groups in total. The summed E-state index contributed by atoms with van der Waals surface area (Å²) in [5.74, 6) is 0. The third-order valence-electron chi connectivity index (χ3n) is 2.04. The summed E-state index contributed by atoms with van der Waals surface area (Å²) in [6.45, 7) is 8.50. The molecule has 0 bridgehead atoms. The average molecular weight is 179 g/mol. The highest BCUT2D eigenvalue weighted by atomic mass is 31.2. The molecule has 0 fully saturated rings. The van der Waals surface area contributed by atoms with Crippen molar-refractivity contribution in [2.45, 2.75) is 0 Å². The van der Waals surface area contributed by atoms with E-state index in [4.69, 9.17) is 0 Å². The second-order valence-corrected chi connectivity index (χ2v) is 7.74. The molecule has 0 heterocycles. The summed E-state index contributed by atoms with van der Waals surface area (Å²) >= 11 is 0. The first-order valence-electron chi connectivity index (χ1n) is 4.16. The van der Waals surface area contributed by atoms with Crippen molar-refractivity contribution in [2.75, 3.05) is 19.5 Å². The van der Waals surface area contributed by atoms with E-state index in [1.165, 1.54) is 5.30 Å². The predicted octanol–water partition coefficient (Wildman–Crippen LogP) is 2.78. The van der Waals surface area contributed by atoms with E-state index < -0.39 is 7.26 Å². The van der Waals surface area contributed by atoms with Crippen LogP contribution in [-0.2, 0) is 0 Å². The van der Waals surface area contributed by atoms with Crippen molar-refractivity contribution in [2.24, 2.45) is 0 Å². The second-order valence-electron chi connectivity index (χ2n) is 3.49. The summed E-state index contributed by atoms with van der Waals surface area (Å²) in [7, 11) is -0.913. The molecule has 64 valence electrons. The van der Waals surface area contributed by atoms with Crippen LogP contribution in [0.4, 0.5) is 0 Å². The lowest BCUT2D eigenvalue weighted by atomic mass is 10.4. The molecule has 0 amide bonds. The van der Waals surface area contributed by atoms with Gasteiger partial charge in [0.15, 0.2) is 0 Å². The monoisotopic (exact) mass is 179 g/mol. The maximum Gasteiger partial charge on any atom is 0.0936 e. The van der Waals surface area contributed by atoms with Gasteiger partial charge in [-0.15, -0.1) is 0 Å². The number of hydrogen-bond acceptors (Lipinski definition) is 0. The van der Waals surface area contributed by atoms with E-state index in [1.54, 1.807) is 0 Å². The summed E-state index contributed by atoms with van der Waals surface area (Å²) in [4.78, 5) is 0. The largest absolute Gasteiger partial charge is 0.0995 e. The van der Waals surface area contributed by atoms with Crippen LogP contribution in [0.15, 0.2) is 43.0 Å². The minimum atomic E-state index is -0.913. The summed E-state index contributed by atoms with van der Waals surface area (Å²) < 4.78 is 0. The van der Waals surface area contributed by atoms with Crippen LogP contribution in [0.1, 0.15) is 0 Å². The molecule has 1 aromatic rings. The van der Waals surface area contributed by atoms with Crippen LogP contribution in [0.5, 0.6) is 0 Å². The third kappa shape index (κ3) is 2.19. The van der Waals surface area contributed by atoms with Crippen molar-refractivity contribution < 1.29 is 0 Å². The Hall–Kier alpha value is -0.610. The molecule has 0 aliphatic heterocycles. The molecular formula is C11H16P+. The Kier molecular flexibility index (Phi) is 3.05. The van der Waals surface area contributed by atoms with E-state index in [9.17, 15) is 0 Å². The fourth-order valence-corrected chi connectivity index (χ4v) is 3.10. The van der Waals surface area contributed by atoms with Crippen LogP contribution in [0, 0.1) is 0 Å². The molecule has 1 aromatic carbocycles. The summed E-state index contributed by atoms with van der Waals surface area (Å²) in [5.41, 5.74) is 0. The molecule has 0 radical (unpaired) electrons. The lowest BCUT2D eigenvalue weighted by Crippen LogP contribution is -2.10. The first kappa shape index (κ1) is 9.48. The molecule has 0 aliphatic carbocycles. The molecular weight excluding hydrogens is 163 g/mol. The number of benzene rings is 1. The van der Waals surface area contributed by atoms with Gasteiger partial charge >= 0.3 is 0 Å². The lowest BCUT2D eigenvalue weighted by Gasteiger charge is -2.15. The lowest BCUT2D eigenvalue weighted by molar-refractivity contribution is 1.68. The molecule has 0 aliphatic rings. The quantitative estimate of drug-likeness (QED) is 0.494. The van der Waals surface area contributed by atoms with Crippen molar-refractivity contribution in [3.8, 4) is 0 Å². The van der Waals surface area contributed by atoms with Gasteiger partial charge in [-0.2, -0.15) is 0 Å². The van der Waals surface area contributed by atoms with Gasteiger partial charge in [-0.1, -0.05) is 30.9 Å². The number of allylic oxidation sites excluding steroid dienone is 1. The smallest absolute Gasteiger partial charge is 0.0936 e. The molecule has 0 atom stereocenters. The van der Waals surface area contributed by atoms with E-state index in [-0.39, 0.29) is 0 Å². The van der Waals surface area contributed by atoms with Crippen molar-refractivity contribution in [3.63, 3.8) is 0 Å². The summed E-state index contributed by atoms with van der Waals surface area (Å²) in [6.07, 6.45) is 3.16. The van der Waals surface area contributed by atoms with Gasteiger partial charge < -0.3 is 0 Å². The van der Waals surface area contributed by atoms with Crippen LogP contribution in [-0.4, -0.2) is 19.5 Å². The van der Waals surface area contributed by atoms with Crippen LogP contribution < -0.4 is 5.30 Å². The van der Waals surface area contributed by atoms with Crippen LogP contribution in [0.25, 0.3) is 0 Å². The topological polar surface area (TPSA) is 0 Å². The van der Waals surface area contributed by atoms with Crippen molar-refractivity contribution >= 4 is 12.6 Å². The number of rotatable bonds is 3. The van der Waals surface area contributed by atoms with Crippen molar-refractivity contribution in [1.29, 1.82) is 0 Å². The van der Waals surface area contributed by atoms with Crippen LogP contribution in [0.3, 0.4) is 0 Å². The zero-order valence-electron chi connectivity index (χ0n) is 7.83.